The van der Waals surface area contributed by atoms with Crippen molar-refractivity contribution in [2.45, 2.75) is 166 Å². The number of fused-ring (bicyclic) bond motifs is 7. The molecule has 54 heavy (non-hydrogen) atoms. The first-order valence-corrected chi connectivity index (χ1v) is 20.5. The Balaban J connectivity index is 0.906. The van der Waals surface area contributed by atoms with Crippen LogP contribution in [0.25, 0.3) is 0 Å². The maximum atomic E-state index is 14.2. The lowest BCUT2D eigenvalue weighted by Crippen LogP contribution is -2.61. The van der Waals surface area contributed by atoms with Gasteiger partial charge >= 0.3 is 5.97 Å². The predicted molar refractivity (Wildman–Crippen MR) is 187 cm³/mol. The molecule has 8 unspecified atom stereocenters. The van der Waals surface area contributed by atoms with Gasteiger partial charge in [0.2, 0.25) is 0 Å². The van der Waals surface area contributed by atoms with Crippen LogP contribution in [0.1, 0.15) is 92.4 Å². The molecular formula is C40H62O14. The summed E-state index contributed by atoms with van der Waals surface area (Å²) in [6, 6.07) is 0. The summed E-state index contributed by atoms with van der Waals surface area (Å²) in [5.41, 5.74) is -0.0689. The Labute approximate surface area is 317 Å². The van der Waals surface area contributed by atoms with Crippen molar-refractivity contribution in [1.29, 1.82) is 0 Å². The maximum absolute atomic E-state index is 14.2. The minimum Gasteiger partial charge on any atom is -0.454 e. The topological polar surface area (TPSA) is 200 Å². The van der Waals surface area contributed by atoms with Gasteiger partial charge in [0, 0.05) is 31.6 Å². The van der Waals surface area contributed by atoms with Crippen LogP contribution >= 0.6 is 0 Å². The van der Waals surface area contributed by atoms with E-state index >= 15 is 0 Å². The minimum absolute atomic E-state index is 0.108. The Kier molecular flexibility index (Phi) is 10.6. The number of ketones is 1. The molecule has 1 spiro atoms. The molecule has 4 aliphatic carbocycles. The van der Waals surface area contributed by atoms with Gasteiger partial charge in [0.25, 0.3) is 0 Å². The fourth-order valence-electron chi connectivity index (χ4n) is 12.9. The van der Waals surface area contributed by atoms with Gasteiger partial charge in [-0.15, -0.1) is 0 Å². The highest BCUT2D eigenvalue weighted by Gasteiger charge is 2.70. The fourth-order valence-corrected chi connectivity index (χ4v) is 12.9. The van der Waals surface area contributed by atoms with Crippen molar-refractivity contribution in [2.24, 2.45) is 52.3 Å². The van der Waals surface area contributed by atoms with Crippen molar-refractivity contribution >= 4 is 11.8 Å². The third-order valence-corrected chi connectivity index (χ3v) is 15.8. The SMILES string of the molecule is CC(=O)O[C@H]1[C@H](OC[C@H]2O[C@@H](O[C@H]3CC[C@@]4(C)C(C3)C(=O)CC3C4CC[C@@]4(C)C3CC3O[C@]5(CCC(C)CO5)C(C)C34)[C@H](O)[C@@H](O)[C@@H]2O)OC[C@H](O)[C@H]1O. The van der Waals surface area contributed by atoms with Gasteiger partial charge in [-0.1, -0.05) is 27.7 Å². The molecule has 5 N–H and O–H groups in total. The number of rotatable bonds is 6. The first-order valence-electron chi connectivity index (χ1n) is 20.5. The van der Waals surface area contributed by atoms with Gasteiger partial charge in [-0.2, -0.15) is 0 Å². The van der Waals surface area contributed by atoms with Crippen LogP contribution in [-0.4, -0.2) is 130 Å². The third kappa shape index (κ3) is 6.42. The second-order valence-electron chi connectivity index (χ2n) is 18.8. The van der Waals surface area contributed by atoms with E-state index in [0.29, 0.717) is 54.8 Å². The summed E-state index contributed by atoms with van der Waals surface area (Å²) in [6.45, 7) is 10.6. The summed E-state index contributed by atoms with van der Waals surface area (Å²) in [6.07, 6.45) is -5.09. The van der Waals surface area contributed by atoms with Gasteiger partial charge in [-0.25, -0.2) is 0 Å². The van der Waals surface area contributed by atoms with Crippen LogP contribution in [0.4, 0.5) is 0 Å². The largest absolute Gasteiger partial charge is 0.454 e. The number of esters is 1. The molecular weight excluding hydrogens is 704 g/mol. The van der Waals surface area contributed by atoms with E-state index in [9.17, 15) is 35.1 Å². The molecule has 8 rings (SSSR count). The molecule has 306 valence electrons. The van der Waals surface area contributed by atoms with Crippen LogP contribution in [0.5, 0.6) is 0 Å². The highest BCUT2D eigenvalue weighted by atomic mass is 16.7. The summed E-state index contributed by atoms with van der Waals surface area (Å²) in [5, 5.41) is 52.9. The molecule has 0 aromatic heterocycles. The van der Waals surface area contributed by atoms with E-state index in [0.717, 1.165) is 52.1 Å². The van der Waals surface area contributed by atoms with Crippen molar-refractivity contribution in [1.82, 2.24) is 0 Å². The van der Waals surface area contributed by atoms with Crippen LogP contribution in [0.2, 0.25) is 0 Å². The quantitative estimate of drug-likeness (QED) is 0.194. The highest BCUT2D eigenvalue weighted by Crippen LogP contribution is 2.71. The first kappa shape index (κ1) is 39.5. The van der Waals surface area contributed by atoms with E-state index in [1.54, 1.807) is 0 Å². The Morgan fingerprint density at radius 2 is 1.63 bits per heavy atom. The summed E-state index contributed by atoms with van der Waals surface area (Å²) >= 11 is 0. The Bertz CT molecular complexity index is 1400. The molecule has 0 amide bonds. The van der Waals surface area contributed by atoms with Crippen molar-refractivity contribution < 1.29 is 68.3 Å². The van der Waals surface area contributed by atoms with Crippen LogP contribution in [0.3, 0.4) is 0 Å². The lowest BCUT2D eigenvalue weighted by atomic mass is 9.44. The van der Waals surface area contributed by atoms with Gasteiger partial charge in [0.05, 0.1) is 32.0 Å². The predicted octanol–water partition coefficient (Wildman–Crippen LogP) is 1.83. The molecule has 4 aliphatic heterocycles. The second-order valence-corrected chi connectivity index (χ2v) is 18.8. The van der Waals surface area contributed by atoms with E-state index in [1.165, 1.54) is 0 Å². The van der Waals surface area contributed by atoms with Crippen LogP contribution in [0, 0.1) is 52.3 Å². The Morgan fingerprint density at radius 1 is 0.870 bits per heavy atom. The van der Waals surface area contributed by atoms with Gasteiger partial charge in [-0.3, -0.25) is 9.59 Å². The van der Waals surface area contributed by atoms with Gasteiger partial charge < -0.3 is 58.7 Å². The Morgan fingerprint density at radius 3 is 2.35 bits per heavy atom. The summed E-state index contributed by atoms with van der Waals surface area (Å²) in [4.78, 5) is 25.9. The van der Waals surface area contributed by atoms with Crippen LogP contribution in [0.15, 0.2) is 0 Å². The summed E-state index contributed by atoms with van der Waals surface area (Å²) in [5.74, 6) is 1.37. The molecule has 4 heterocycles. The van der Waals surface area contributed by atoms with Crippen LogP contribution < -0.4 is 0 Å². The average Bonchev–Trinajstić information content (AvgIpc) is 3.58. The fraction of sp³-hybridized carbons (Fsp3) is 0.950. The number of ether oxygens (including phenoxy) is 7. The average molecular weight is 767 g/mol. The van der Waals surface area contributed by atoms with Crippen molar-refractivity contribution in [2.75, 3.05) is 19.8 Å². The zero-order chi connectivity index (χ0) is 38.5. The summed E-state index contributed by atoms with van der Waals surface area (Å²) < 4.78 is 42.0. The number of hydrogen-bond acceptors (Lipinski definition) is 14. The third-order valence-electron chi connectivity index (χ3n) is 15.8. The van der Waals surface area contributed by atoms with E-state index < -0.39 is 73.2 Å². The molecule has 8 aliphatic rings. The molecule has 0 aromatic carbocycles. The number of hydrogen-bond donors (Lipinski definition) is 5. The lowest BCUT2D eigenvalue weighted by molar-refractivity contribution is -0.330. The zero-order valence-electron chi connectivity index (χ0n) is 32.3. The molecule has 14 heteroatoms. The molecule has 8 fully saturated rings. The zero-order valence-corrected chi connectivity index (χ0v) is 32.3. The summed E-state index contributed by atoms with van der Waals surface area (Å²) in [7, 11) is 0. The highest BCUT2D eigenvalue weighted by molar-refractivity contribution is 5.83. The Hall–Kier alpha value is -1.30. The molecule has 0 bridgehead atoms. The van der Waals surface area contributed by atoms with Crippen LogP contribution in [-0.2, 0) is 42.7 Å². The minimum atomic E-state index is -1.62. The molecule has 4 saturated heterocycles. The first-order chi connectivity index (χ1) is 25.6. The van der Waals surface area contributed by atoms with E-state index in [1.807, 2.05) is 0 Å². The van der Waals surface area contributed by atoms with Gasteiger partial charge in [-0.05, 0) is 85.4 Å². The molecule has 14 nitrogen and oxygen atoms in total. The lowest BCUT2D eigenvalue weighted by Gasteiger charge is -2.60. The van der Waals surface area contributed by atoms with E-state index in [-0.39, 0.29) is 41.8 Å². The second kappa shape index (κ2) is 14.5. The molecule has 0 aromatic rings. The van der Waals surface area contributed by atoms with Crippen molar-refractivity contribution in [3.63, 3.8) is 0 Å². The van der Waals surface area contributed by atoms with Crippen molar-refractivity contribution in [3.05, 3.63) is 0 Å². The standard InChI is InChI=1S/C40H62O14/c1-18-6-11-40(50-15-18)19(2)30-28(54-40)14-24-22-13-26(42)25-12-21(7-9-38(25,4)23(22)8-10-39(24,30)5)52-36-34(47)33(46)32(45)29(53-36)17-49-37-35(51-20(3)41)31(44)27(43)16-48-37/h18-19,21-25,27-37,43-47H,6-17H2,1-5H3/t18?,19?,21-,22?,23?,24?,25?,27-,28?,29+,30?,31+,32+,33-,34+,35+,36+,37-,38+,39-,40+/m0/s1. The molecule has 0 radical (unpaired) electrons. The number of carbonyl (C=O) groups excluding carboxylic acids is 2. The van der Waals surface area contributed by atoms with Gasteiger partial charge in [0.1, 0.15) is 42.4 Å². The number of aliphatic hydroxyl groups is 5. The molecule has 21 atom stereocenters. The van der Waals surface area contributed by atoms with Crippen molar-refractivity contribution in [3.8, 4) is 0 Å². The van der Waals surface area contributed by atoms with E-state index in [4.69, 9.17) is 33.2 Å². The monoisotopic (exact) mass is 766 g/mol. The van der Waals surface area contributed by atoms with Gasteiger partial charge in [0.15, 0.2) is 24.5 Å². The number of Topliss-reactive ketones (excluding diaryl/α,β-unsaturated/α-hetero) is 1. The number of carbonyl (C=O) groups is 2. The normalized spacial score (nSPS) is 55.8. The molecule has 4 saturated carbocycles. The van der Waals surface area contributed by atoms with E-state index in [2.05, 4.69) is 27.7 Å². The number of aliphatic hydroxyl groups excluding tert-OH is 5. The maximum Gasteiger partial charge on any atom is 0.303 e. The smallest absolute Gasteiger partial charge is 0.303 e.